The number of alkyl halides is 3. The highest BCUT2D eigenvalue weighted by Crippen LogP contribution is 2.34. The number of benzene rings is 2. The molecule has 0 aliphatic carbocycles. The molecule has 7 nitrogen and oxygen atoms in total. The Morgan fingerprint density at radius 2 is 1.82 bits per heavy atom. The highest BCUT2D eigenvalue weighted by molar-refractivity contribution is 6.33. The topological polar surface area (TPSA) is 90.7 Å². The van der Waals surface area contributed by atoms with E-state index in [4.69, 9.17) is 25.6 Å². The lowest BCUT2D eigenvalue weighted by atomic mass is 10.2. The number of carbonyl (C=O) groups is 2. The summed E-state index contributed by atoms with van der Waals surface area (Å²) in [6.45, 7) is 5.10. The fourth-order valence-electron chi connectivity index (χ4n) is 2.86. The average Bonchev–Trinajstić information content (AvgIpc) is 3.10. The van der Waals surface area contributed by atoms with E-state index in [1.54, 1.807) is 26.0 Å². The van der Waals surface area contributed by atoms with Gasteiger partial charge in [-0.05, 0) is 63.2 Å². The van der Waals surface area contributed by atoms with Crippen LogP contribution in [0.2, 0.25) is 5.02 Å². The van der Waals surface area contributed by atoms with Crippen LogP contribution in [0.4, 0.5) is 18.9 Å². The van der Waals surface area contributed by atoms with Crippen molar-refractivity contribution >= 4 is 29.2 Å². The van der Waals surface area contributed by atoms with Crippen molar-refractivity contribution in [2.24, 2.45) is 0 Å². The van der Waals surface area contributed by atoms with E-state index < -0.39 is 29.7 Å². The van der Waals surface area contributed by atoms with Gasteiger partial charge >= 0.3 is 12.1 Å². The van der Waals surface area contributed by atoms with Gasteiger partial charge in [0, 0.05) is 0 Å². The molecule has 0 aliphatic heterocycles. The molecule has 3 aromatic rings. The fraction of sp³-hybridized carbons (Fsp3) is 0.261. The quantitative estimate of drug-likeness (QED) is 0.420. The third-order valence-corrected chi connectivity index (χ3v) is 5.19. The van der Waals surface area contributed by atoms with Crippen molar-refractivity contribution in [3.05, 3.63) is 75.6 Å². The maximum Gasteiger partial charge on any atom is 0.416 e. The summed E-state index contributed by atoms with van der Waals surface area (Å²) in [5.74, 6) is -0.498. The molecule has 3 rings (SSSR count). The molecule has 34 heavy (non-hydrogen) atoms. The van der Waals surface area contributed by atoms with Crippen LogP contribution in [0.1, 0.15) is 39.9 Å². The average molecular weight is 497 g/mol. The molecule has 0 spiro atoms. The number of halogens is 4. The first-order chi connectivity index (χ1) is 16.0. The maximum atomic E-state index is 12.9. The first-order valence-electron chi connectivity index (χ1n) is 9.99. The second-order valence-electron chi connectivity index (χ2n) is 7.34. The van der Waals surface area contributed by atoms with E-state index in [1.165, 1.54) is 19.1 Å². The van der Waals surface area contributed by atoms with Gasteiger partial charge in [0.05, 0.1) is 33.1 Å². The fourth-order valence-corrected chi connectivity index (χ4v) is 3.03. The number of anilines is 1. The number of carbonyl (C=O) groups excluding carboxylic acids is 2. The van der Waals surface area contributed by atoms with E-state index in [0.29, 0.717) is 17.6 Å². The van der Waals surface area contributed by atoms with Gasteiger partial charge in [-0.3, -0.25) is 4.79 Å². The molecule has 1 atom stereocenters. The van der Waals surface area contributed by atoms with Gasteiger partial charge in [-0.2, -0.15) is 13.2 Å². The van der Waals surface area contributed by atoms with Crippen LogP contribution in [0, 0.1) is 13.8 Å². The number of aryl methyl sites for hydroxylation is 2. The molecule has 1 N–H and O–H groups in total. The van der Waals surface area contributed by atoms with E-state index in [0.717, 1.165) is 23.4 Å². The van der Waals surface area contributed by atoms with E-state index in [-0.39, 0.29) is 22.9 Å². The molecule has 0 bridgehead atoms. The molecule has 0 aliphatic rings. The lowest BCUT2D eigenvalue weighted by Gasteiger charge is -2.16. The summed E-state index contributed by atoms with van der Waals surface area (Å²) < 4.78 is 54.6. The van der Waals surface area contributed by atoms with Crippen LogP contribution in [-0.4, -0.2) is 23.1 Å². The van der Waals surface area contributed by atoms with Crippen LogP contribution in [0.3, 0.4) is 0 Å². The van der Waals surface area contributed by atoms with Crippen LogP contribution < -0.4 is 10.1 Å². The molecule has 0 radical (unpaired) electrons. The van der Waals surface area contributed by atoms with Crippen molar-refractivity contribution < 1.29 is 36.8 Å². The molecule has 0 saturated carbocycles. The largest absolute Gasteiger partial charge is 0.489 e. The standard InChI is InChI=1S/C23H20ClF3N2O5/c1-12-18(13(2)34-29-12)11-32-17-7-4-15(5-8-17)22(31)33-14(3)21(30)28-20-10-16(23(25,26)27)6-9-19(20)24/h4-10,14H,11H2,1-3H3,(H,28,30)/t14-/m1/s1. The molecule has 0 unspecified atom stereocenters. The zero-order valence-corrected chi connectivity index (χ0v) is 19.1. The summed E-state index contributed by atoms with van der Waals surface area (Å²) in [6, 6.07) is 8.55. The SMILES string of the molecule is Cc1noc(C)c1COc1ccc(C(=O)O[C@H](C)C(=O)Nc2cc(C(F)(F)F)ccc2Cl)cc1. The molecule has 11 heteroatoms. The maximum absolute atomic E-state index is 12.9. The summed E-state index contributed by atoms with van der Waals surface area (Å²) in [5, 5.41) is 6.00. The molecular formula is C23H20ClF3N2O5. The second kappa shape index (κ2) is 10.2. The van der Waals surface area contributed by atoms with Crippen molar-refractivity contribution in [2.75, 3.05) is 5.32 Å². The minimum Gasteiger partial charge on any atom is -0.489 e. The Labute approximate surface area is 197 Å². The summed E-state index contributed by atoms with van der Waals surface area (Å²) in [4.78, 5) is 24.7. The second-order valence-corrected chi connectivity index (χ2v) is 7.75. The van der Waals surface area contributed by atoms with Crippen molar-refractivity contribution in [1.29, 1.82) is 0 Å². The van der Waals surface area contributed by atoms with Gasteiger partial charge in [-0.25, -0.2) is 4.79 Å². The summed E-state index contributed by atoms with van der Waals surface area (Å²) in [5.41, 5.74) is 0.472. The number of nitrogens with one attached hydrogen (secondary N) is 1. The number of nitrogens with zero attached hydrogens (tertiary/aromatic N) is 1. The molecule has 1 aromatic heterocycles. The number of amides is 1. The lowest BCUT2D eigenvalue weighted by Crippen LogP contribution is -2.30. The van der Waals surface area contributed by atoms with Crippen LogP contribution >= 0.6 is 11.6 Å². The zero-order chi connectivity index (χ0) is 25.0. The predicted octanol–water partition coefficient (Wildman–Crippen LogP) is 5.73. The predicted molar refractivity (Wildman–Crippen MR) is 117 cm³/mol. The Hall–Kier alpha value is -3.53. The normalized spacial score (nSPS) is 12.2. The minimum absolute atomic E-state index is 0.0907. The Bertz CT molecular complexity index is 1170. The highest BCUT2D eigenvalue weighted by Gasteiger charge is 2.31. The molecule has 1 heterocycles. The number of rotatable bonds is 7. The lowest BCUT2D eigenvalue weighted by molar-refractivity contribution is -0.137. The third-order valence-electron chi connectivity index (χ3n) is 4.86. The monoisotopic (exact) mass is 496 g/mol. The smallest absolute Gasteiger partial charge is 0.416 e. The number of ether oxygens (including phenoxy) is 2. The van der Waals surface area contributed by atoms with Crippen molar-refractivity contribution in [2.45, 2.75) is 39.7 Å². The number of esters is 1. The minimum atomic E-state index is -4.61. The van der Waals surface area contributed by atoms with Crippen LogP contribution in [0.25, 0.3) is 0 Å². The number of aromatic nitrogens is 1. The van der Waals surface area contributed by atoms with Crippen molar-refractivity contribution in [3.8, 4) is 5.75 Å². The van der Waals surface area contributed by atoms with Gasteiger partial charge < -0.3 is 19.3 Å². The third kappa shape index (κ3) is 6.07. The molecule has 2 aromatic carbocycles. The molecular weight excluding hydrogens is 477 g/mol. The Morgan fingerprint density at radius 1 is 1.15 bits per heavy atom. The summed E-state index contributed by atoms with van der Waals surface area (Å²) in [7, 11) is 0. The first-order valence-corrected chi connectivity index (χ1v) is 10.4. The highest BCUT2D eigenvalue weighted by atomic mass is 35.5. The van der Waals surface area contributed by atoms with Crippen LogP contribution in [0.5, 0.6) is 5.75 Å². The molecule has 0 fully saturated rings. The Balaban J connectivity index is 1.58. The molecule has 0 saturated heterocycles. The van der Waals surface area contributed by atoms with Gasteiger partial charge in [0.15, 0.2) is 6.10 Å². The van der Waals surface area contributed by atoms with Gasteiger partial charge in [0.1, 0.15) is 18.1 Å². The number of hydrogen-bond acceptors (Lipinski definition) is 6. The number of hydrogen-bond donors (Lipinski definition) is 1. The van der Waals surface area contributed by atoms with Crippen LogP contribution in [0.15, 0.2) is 47.0 Å². The van der Waals surface area contributed by atoms with Gasteiger partial charge in [0.25, 0.3) is 5.91 Å². The van der Waals surface area contributed by atoms with Gasteiger partial charge in [-0.1, -0.05) is 16.8 Å². The van der Waals surface area contributed by atoms with Crippen molar-refractivity contribution in [1.82, 2.24) is 5.16 Å². The van der Waals surface area contributed by atoms with Gasteiger partial charge in [-0.15, -0.1) is 0 Å². The zero-order valence-electron chi connectivity index (χ0n) is 18.3. The van der Waals surface area contributed by atoms with E-state index in [9.17, 15) is 22.8 Å². The van der Waals surface area contributed by atoms with E-state index >= 15 is 0 Å². The molecule has 180 valence electrons. The van der Waals surface area contributed by atoms with Crippen molar-refractivity contribution in [3.63, 3.8) is 0 Å². The Morgan fingerprint density at radius 3 is 2.41 bits per heavy atom. The van der Waals surface area contributed by atoms with Crippen LogP contribution in [-0.2, 0) is 22.3 Å². The first kappa shape index (κ1) is 25.1. The summed E-state index contributed by atoms with van der Waals surface area (Å²) >= 11 is 5.88. The molecule has 1 amide bonds. The van der Waals surface area contributed by atoms with Gasteiger partial charge in [0.2, 0.25) is 0 Å². The summed E-state index contributed by atoms with van der Waals surface area (Å²) in [6.07, 6.45) is -5.90. The van der Waals surface area contributed by atoms with E-state index in [2.05, 4.69) is 10.5 Å². The van der Waals surface area contributed by atoms with E-state index in [1.807, 2.05) is 0 Å². The Kier molecular flexibility index (Phi) is 7.51.